The van der Waals surface area contributed by atoms with E-state index >= 15 is 0 Å². The Hall–Kier alpha value is -2.30. The molecule has 5 nitrogen and oxygen atoms in total. The normalized spacial score (nSPS) is 16.7. The van der Waals surface area contributed by atoms with Gasteiger partial charge in [0, 0.05) is 19.2 Å². The molecule has 1 atom stereocenters. The van der Waals surface area contributed by atoms with Crippen LogP contribution < -0.4 is 10.1 Å². The van der Waals surface area contributed by atoms with Crippen LogP contribution in [0.15, 0.2) is 30.6 Å². The number of hydrogen-bond acceptors (Lipinski definition) is 3. The van der Waals surface area contributed by atoms with Crippen molar-refractivity contribution in [3.63, 3.8) is 0 Å². The van der Waals surface area contributed by atoms with Crippen molar-refractivity contribution in [2.75, 3.05) is 7.11 Å². The number of carbonyl (C=O) groups excluding carboxylic acids is 1. The van der Waals surface area contributed by atoms with Crippen LogP contribution >= 0.6 is 0 Å². The molecule has 0 radical (unpaired) electrons. The molecule has 1 amide bonds. The van der Waals surface area contributed by atoms with Crippen molar-refractivity contribution in [1.82, 2.24) is 15.1 Å². The summed E-state index contributed by atoms with van der Waals surface area (Å²) in [7, 11) is 1.68. The maximum atomic E-state index is 12.2. The van der Waals surface area contributed by atoms with Gasteiger partial charge in [0.15, 0.2) is 0 Å². The summed E-state index contributed by atoms with van der Waals surface area (Å²) < 4.78 is 7.10. The first-order valence-electron chi connectivity index (χ1n) is 8.11. The molecular formula is C18H23N3O2. The Kier molecular flexibility index (Phi) is 4.65. The highest BCUT2D eigenvalue weighted by atomic mass is 16.5. The number of nitrogens with one attached hydrogen (secondary N) is 1. The SMILES string of the molecule is COc1ccc2c(c1)CCCC2NC(=O)CCn1cc(C)cn1. The summed E-state index contributed by atoms with van der Waals surface area (Å²) in [5.41, 5.74) is 3.62. The van der Waals surface area contributed by atoms with Gasteiger partial charge in [-0.3, -0.25) is 9.48 Å². The minimum atomic E-state index is 0.0758. The Morgan fingerprint density at radius 3 is 3.09 bits per heavy atom. The zero-order valence-electron chi connectivity index (χ0n) is 13.7. The Balaban J connectivity index is 1.61. The van der Waals surface area contributed by atoms with Crippen LogP contribution in [0.3, 0.4) is 0 Å². The van der Waals surface area contributed by atoms with Crippen molar-refractivity contribution in [3.05, 3.63) is 47.3 Å². The lowest BCUT2D eigenvalue weighted by Gasteiger charge is -2.26. The van der Waals surface area contributed by atoms with E-state index in [1.54, 1.807) is 7.11 Å². The number of carbonyl (C=O) groups is 1. The predicted octanol–water partition coefficient (Wildman–Crippen LogP) is 2.78. The van der Waals surface area contributed by atoms with Gasteiger partial charge >= 0.3 is 0 Å². The first-order chi connectivity index (χ1) is 11.2. The van der Waals surface area contributed by atoms with E-state index in [9.17, 15) is 4.79 Å². The molecule has 1 N–H and O–H groups in total. The molecule has 1 aliphatic carbocycles. The Labute approximate surface area is 136 Å². The van der Waals surface area contributed by atoms with Gasteiger partial charge in [0.25, 0.3) is 0 Å². The molecule has 0 spiro atoms. The van der Waals surface area contributed by atoms with Crippen molar-refractivity contribution in [2.24, 2.45) is 0 Å². The molecule has 0 aliphatic heterocycles. The van der Waals surface area contributed by atoms with Gasteiger partial charge in [-0.25, -0.2) is 0 Å². The second kappa shape index (κ2) is 6.86. The lowest BCUT2D eigenvalue weighted by Crippen LogP contribution is -2.31. The second-order valence-electron chi connectivity index (χ2n) is 6.11. The number of fused-ring (bicyclic) bond motifs is 1. The maximum Gasteiger partial charge on any atom is 0.222 e. The lowest BCUT2D eigenvalue weighted by atomic mass is 9.87. The highest BCUT2D eigenvalue weighted by Gasteiger charge is 2.22. The van der Waals surface area contributed by atoms with Crippen molar-refractivity contribution in [2.45, 2.75) is 45.2 Å². The molecule has 3 rings (SSSR count). The van der Waals surface area contributed by atoms with E-state index in [4.69, 9.17) is 4.74 Å². The zero-order valence-corrected chi connectivity index (χ0v) is 13.7. The molecule has 122 valence electrons. The van der Waals surface area contributed by atoms with Gasteiger partial charge in [-0.05, 0) is 55.0 Å². The van der Waals surface area contributed by atoms with Crippen molar-refractivity contribution in [3.8, 4) is 5.75 Å². The molecule has 1 aromatic carbocycles. The van der Waals surface area contributed by atoms with Gasteiger partial charge in [0.05, 0.1) is 19.3 Å². The fourth-order valence-electron chi connectivity index (χ4n) is 3.14. The van der Waals surface area contributed by atoms with Crippen molar-refractivity contribution in [1.29, 1.82) is 0 Å². The van der Waals surface area contributed by atoms with Crippen LogP contribution in [-0.2, 0) is 17.8 Å². The molecule has 1 unspecified atom stereocenters. The Morgan fingerprint density at radius 1 is 1.48 bits per heavy atom. The van der Waals surface area contributed by atoms with E-state index in [0.717, 1.165) is 30.6 Å². The average Bonchev–Trinajstić information content (AvgIpc) is 2.98. The van der Waals surface area contributed by atoms with Crippen LogP contribution in [0.5, 0.6) is 5.75 Å². The van der Waals surface area contributed by atoms with Crippen LogP contribution in [0, 0.1) is 6.92 Å². The fourth-order valence-corrected chi connectivity index (χ4v) is 3.14. The van der Waals surface area contributed by atoms with E-state index in [-0.39, 0.29) is 11.9 Å². The van der Waals surface area contributed by atoms with E-state index < -0.39 is 0 Å². The molecule has 0 saturated heterocycles. The highest BCUT2D eigenvalue weighted by Crippen LogP contribution is 2.32. The summed E-state index contributed by atoms with van der Waals surface area (Å²) in [5.74, 6) is 0.955. The monoisotopic (exact) mass is 313 g/mol. The quantitative estimate of drug-likeness (QED) is 0.923. The topological polar surface area (TPSA) is 56.1 Å². The minimum absolute atomic E-state index is 0.0758. The largest absolute Gasteiger partial charge is 0.497 e. The lowest BCUT2D eigenvalue weighted by molar-refractivity contribution is -0.122. The predicted molar refractivity (Wildman–Crippen MR) is 88.4 cm³/mol. The molecule has 0 bridgehead atoms. The Bertz CT molecular complexity index is 693. The number of methoxy groups -OCH3 is 1. The number of nitrogens with zero attached hydrogens (tertiary/aromatic N) is 2. The minimum Gasteiger partial charge on any atom is -0.497 e. The van der Waals surface area contributed by atoms with Crippen LogP contribution in [0.4, 0.5) is 0 Å². The van der Waals surface area contributed by atoms with Gasteiger partial charge in [0.2, 0.25) is 5.91 Å². The number of hydrogen-bond donors (Lipinski definition) is 1. The average molecular weight is 313 g/mol. The van der Waals surface area contributed by atoms with Gasteiger partial charge in [-0.2, -0.15) is 5.10 Å². The molecule has 2 aromatic rings. The Morgan fingerprint density at radius 2 is 2.35 bits per heavy atom. The summed E-state index contributed by atoms with van der Waals surface area (Å²) in [5, 5.41) is 7.38. The third-order valence-corrected chi connectivity index (χ3v) is 4.33. The van der Waals surface area contributed by atoms with Crippen LogP contribution in [0.25, 0.3) is 0 Å². The van der Waals surface area contributed by atoms with Gasteiger partial charge in [-0.1, -0.05) is 6.07 Å². The molecule has 1 heterocycles. The van der Waals surface area contributed by atoms with Crippen LogP contribution in [0.1, 0.15) is 42.0 Å². The number of aromatic nitrogens is 2. The van der Waals surface area contributed by atoms with Crippen LogP contribution in [0.2, 0.25) is 0 Å². The van der Waals surface area contributed by atoms with Gasteiger partial charge in [0.1, 0.15) is 5.75 Å². The summed E-state index contributed by atoms with van der Waals surface area (Å²) >= 11 is 0. The van der Waals surface area contributed by atoms with Gasteiger partial charge < -0.3 is 10.1 Å². The van der Waals surface area contributed by atoms with E-state index in [2.05, 4.69) is 22.5 Å². The second-order valence-corrected chi connectivity index (χ2v) is 6.11. The van der Waals surface area contributed by atoms with E-state index in [1.807, 2.05) is 30.1 Å². The molecular weight excluding hydrogens is 290 g/mol. The van der Waals surface area contributed by atoms with E-state index in [1.165, 1.54) is 11.1 Å². The number of aryl methyl sites for hydroxylation is 3. The molecule has 1 aromatic heterocycles. The number of ether oxygens (including phenoxy) is 1. The molecule has 5 heteroatoms. The number of rotatable bonds is 5. The first-order valence-corrected chi connectivity index (χ1v) is 8.11. The van der Waals surface area contributed by atoms with Crippen LogP contribution in [-0.4, -0.2) is 22.8 Å². The third kappa shape index (κ3) is 3.73. The van der Waals surface area contributed by atoms with E-state index in [0.29, 0.717) is 13.0 Å². The smallest absolute Gasteiger partial charge is 0.222 e. The third-order valence-electron chi connectivity index (χ3n) is 4.33. The zero-order chi connectivity index (χ0) is 16.2. The highest BCUT2D eigenvalue weighted by molar-refractivity contribution is 5.76. The van der Waals surface area contributed by atoms with Gasteiger partial charge in [-0.15, -0.1) is 0 Å². The van der Waals surface area contributed by atoms with Crippen molar-refractivity contribution < 1.29 is 9.53 Å². The fraction of sp³-hybridized carbons (Fsp3) is 0.444. The van der Waals surface area contributed by atoms with Crippen molar-refractivity contribution >= 4 is 5.91 Å². The molecule has 1 aliphatic rings. The summed E-state index contributed by atoms with van der Waals surface area (Å²) in [6, 6.07) is 6.24. The summed E-state index contributed by atoms with van der Waals surface area (Å²) in [4.78, 5) is 12.2. The number of amides is 1. The first kappa shape index (κ1) is 15.6. The molecule has 0 fully saturated rings. The standard InChI is InChI=1S/C18H23N3O2/c1-13-11-19-21(12-13)9-8-18(22)20-17-5-3-4-14-10-15(23-2)6-7-16(14)17/h6-7,10-12,17H,3-5,8-9H2,1-2H3,(H,20,22). The molecule has 0 saturated carbocycles. The summed E-state index contributed by atoms with van der Waals surface area (Å²) in [6.45, 7) is 2.61. The molecule has 23 heavy (non-hydrogen) atoms. The maximum absolute atomic E-state index is 12.2. The number of benzene rings is 1. The summed E-state index contributed by atoms with van der Waals surface area (Å²) in [6.07, 6.45) is 7.34.